The van der Waals surface area contributed by atoms with E-state index in [4.69, 9.17) is 0 Å². The van der Waals surface area contributed by atoms with Crippen molar-refractivity contribution >= 4 is 19.8 Å². The Morgan fingerprint density at radius 2 is 0.464 bits per heavy atom. The third-order valence-corrected chi connectivity index (χ3v) is 21.6. The predicted molar refractivity (Wildman–Crippen MR) is 138 cm³/mol. The van der Waals surface area contributed by atoms with Crippen molar-refractivity contribution in [1.29, 1.82) is 0 Å². The van der Waals surface area contributed by atoms with Gasteiger partial charge in [-0.25, -0.2) is 4.79 Å². The lowest BCUT2D eigenvalue weighted by Crippen LogP contribution is -2.54. The smallest absolute Gasteiger partial charge is 0.211 e. The fourth-order valence-electron chi connectivity index (χ4n) is 7.98. The molecule has 0 saturated heterocycles. The Morgan fingerprint density at radius 3 is 0.536 bits per heavy atom. The van der Waals surface area contributed by atoms with Crippen molar-refractivity contribution in [2.75, 3.05) is 0 Å². The molecule has 0 aromatic rings. The Balaban J connectivity index is 7.90. The van der Waals surface area contributed by atoms with E-state index in [-0.39, 0.29) is 30.9 Å². The standard InChI is InChI=1S/C25H54OP2/c1-20(2,3)27(21(4,5)6,22(7,8)9)19(26)28(23(10,11)12,24(13,14)15)25(16,17)18/h1-18H3/q+2. The SMILES string of the molecule is CC(C)(C)[P+](C(=O)[P+](C(C)(C)C)(C(C)(C)C)C(C)(C)C)(C(C)(C)C)C(C)(C)C. The average Bonchev–Trinajstić information content (AvgIpc) is 2.14. The van der Waals surface area contributed by atoms with Crippen molar-refractivity contribution in [3.05, 3.63) is 0 Å². The van der Waals surface area contributed by atoms with Crippen LogP contribution in [0, 0.1) is 0 Å². The maximum atomic E-state index is 15.5. The van der Waals surface area contributed by atoms with Crippen molar-refractivity contribution in [2.24, 2.45) is 0 Å². The second-order valence-electron chi connectivity index (χ2n) is 14.6. The van der Waals surface area contributed by atoms with Gasteiger partial charge in [0.15, 0.2) is 0 Å². The fourth-order valence-corrected chi connectivity index (χ4v) is 30.7. The molecule has 0 aliphatic rings. The molecule has 0 aromatic carbocycles. The summed E-state index contributed by atoms with van der Waals surface area (Å²) in [4.78, 5) is 15.5. The van der Waals surface area contributed by atoms with Crippen LogP contribution in [0.2, 0.25) is 0 Å². The van der Waals surface area contributed by atoms with E-state index in [2.05, 4.69) is 125 Å². The molecule has 0 spiro atoms. The van der Waals surface area contributed by atoms with Gasteiger partial charge in [-0.15, -0.1) is 0 Å². The lowest BCUT2D eigenvalue weighted by atomic mass is 10.2. The van der Waals surface area contributed by atoms with Crippen LogP contribution in [0.1, 0.15) is 125 Å². The van der Waals surface area contributed by atoms with Crippen molar-refractivity contribution in [2.45, 2.75) is 156 Å². The minimum Gasteiger partial charge on any atom is -0.211 e. The van der Waals surface area contributed by atoms with Gasteiger partial charge in [0, 0.05) is 0 Å². The van der Waals surface area contributed by atoms with Gasteiger partial charge in [-0.05, 0) is 125 Å². The van der Waals surface area contributed by atoms with E-state index in [9.17, 15) is 0 Å². The van der Waals surface area contributed by atoms with Crippen molar-refractivity contribution in [3.8, 4) is 0 Å². The van der Waals surface area contributed by atoms with Crippen LogP contribution < -0.4 is 0 Å². The van der Waals surface area contributed by atoms with Gasteiger partial charge in [0.25, 0.3) is 0 Å². The summed E-state index contributed by atoms with van der Waals surface area (Å²) < 4.78 is 0. The van der Waals surface area contributed by atoms with Gasteiger partial charge in [0.2, 0.25) is 0 Å². The Labute approximate surface area is 180 Å². The van der Waals surface area contributed by atoms with Crippen LogP contribution >= 0.6 is 14.5 Å². The van der Waals surface area contributed by atoms with Gasteiger partial charge >= 0.3 is 5.27 Å². The largest absolute Gasteiger partial charge is 0.399 e. The maximum absolute atomic E-state index is 15.5. The quantitative estimate of drug-likeness (QED) is 0.397. The molecule has 0 aromatic heterocycles. The molecule has 168 valence electrons. The summed E-state index contributed by atoms with van der Waals surface area (Å²) in [5.74, 6) is 0. The molecule has 0 atom stereocenters. The molecule has 0 bridgehead atoms. The van der Waals surface area contributed by atoms with Crippen LogP contribution in [-0.2, 0) is 0 Å². The first-order valence-electron chi connectivity index (χ1n) is 11.0. The molecular weight excluding hydrogens is 378 g/mol. The van der Waals surface area contributed by atoms with Gasteiger partial charge < -0.3 is 0 Å². The first-order valence-corrected chi connectivity index (χ1v) is 14.6. The molecule has 0 unspecified atom stereocenters. The molecule has 0 radical (unpaired) electrons. The first-order chi connectivity index (χ1) is 11.7. The topological polar surface area (TPSA) is 17.1 Å². The van der Waals surface area contributed by atoms with Gasteiger partial charge in [-0.1, -0.05) is 0 Å². The van der Waals surface area contributed by atoms with Gasteiger partial charge in [0.1, 0.15) is 14.5 Å². The van der Waals surface area contributed by atoms with Crippen LogP contribution in [0.3, 0.4) is 0 Å². The minimum atomic E-state index is -2.14. The van der Waals surface area contributed by atoms with E-state index >= 15 is 4.79 Å². The van der Waals surface area contributed by atoms with E-state index in [1.807, 2.05) is 0 Å². The summed E-state index contributed by atoms with van der Waals surface area (Å²) in [5.41, 5.74) is 0. The van der Waals surface area contributed by atoms with Crippen LogP contribution in [-0.4, -0.2) is 36.2 Å². The van der Waals surface area contributed by atoms with E-state index in [1.165, 1.54) is 0 Å². The maximum Gasteiger partial charge on any atom is 0.399 e. The van der Waals surface area contributed by atoms with Crippen molar-refractivity contribution < 1.29 is 4.79 Å². The molecule has 0 N–H and O–H groups in total. The second-order valence-corrected chi connectivity index (χ2v) is 26.5. The number of hydrogen-bond acceptors (Lipinski definition) is 1. The molecule has 28 heavy (non-hydrogen) atoms. The van der Waals surface area contributed by atoms with Crippen LogP contribution in [0.4, 0.5) is 4.79 Å². The highest BCUT2D eigenvalue weighted by Crippen LogP contribution is 2.97. The normalized spacial score (nSPS) is 16.4. The Morgan fingerprint density at radius 1 is 0.357 bits per heavy atom. The highest BCUT2D eigenvalue weighted by molar-refractivity contribution is 8.18. The molecule has 0 amide bonds. The molecular formula is C25H54OP2+2. The molecule has 0 rings (SSSR count). The third kappa shape index (κ3) is 3.91. The molecule has 0 heterocycles. The van der Waals surface area contributed by atoms with Crippen LogP contribution in [0.15, 0.2) is 0 Å². The molecule has 3 heteroatoms. The summed E-state index contributed by atoms with van der Waals surface area (Å²) in [5, 5.41) is 0.378. The summed E-state index contributed by atoms with van der Waals surface area (Å²) in [6, 6.07) is 0. The van der Waals surface area contributed by atoms with Crippen LogP contribution in [0.5, 0.6) is 0 Å². The molecule has 0 aliphatic heterocycles. The Hall–Kier alpha value is 0.530. The second kappa shape index (κ2) is 7.30. The Bertz CT molecular complexity index is 449. The van der Waals surface area contributed by atoms with Gasteiger partial charge in [-0.2, -0.15) is 0 Å². The third-order valence-electron chi connectivity index (χ3n) is 6.61. The summed E-state index contributed by atoms with van der Waals surface area (Å²) in [7, 11) is -4.28. The molecule has 0 fully saturated rings. The van der Waals surface area contributed by atoms with E-state index in [0.29, 0.717) is 5.27 Å². The highest BCUT2D eigenvalue weighted by atomic mass is 31.2. The minimum absolute atomic E-state index is 0.0480. The zero-order valence-electron chi connectivity index (χ0n) is 22.8. The van der Waals surface area contributed by atoms with E-state index in [0.717, 1.165) is 0 Å². The summed E-state index contributed by atoms with van der Waals surface area (Å²) in [6.45, 7) is 42.2. The first kappa shape index (κ1) is 28.5. The number of carbonyl (C=O) groups is 1. The highest BCUT2D eigenvalue weighted by Gasteiger charge is 2.83. The monoisotopic (exact) mass is 432 g/mol. The predicted octanol–water partition coefficient (Wildman–Crippen LogP) is 9.93. The average molecular weight is 433 g/mol. The summed E-state index contributed by atoms with van der Waals surface area (Å²) >= 11 is 0. The number of carbonyl (C=O) groups excluding carboxylic acids is 1. The van der Waals surface area contributed by atoms with Crippen LogP contribution in [0.25, 0.3) is 0 Å². The number of rotatable bonds is 2. The van der Waals surface area contributed by atoms with Crippen molar-refractivity contribution in [1.82, 2.24) is 0 Å². The van der Waals surface area contributed by atoms with E-state index in [1.54, 1.807) is 0 Å². The lowest BCUT2D eigenvalue weighted by Gasteiger charge is -2.58. The zero-order valence-corrected chi connectivity index (χ0v) is 24.6. The van der Waals surface area contributed by atoms with Gasteiger partial charge in [0.05, 0.1) is 30.9 Å². The van der Waals surface area contributed by atoms with Gasteiger partial charge in [-0.3, -0.25) is 0 Å². The fraction of sp³-hybridized carbons (Fsp3) is 0.960. The Kier molecular flexibility index (Phi) is 7.44. The molecule has 0 aliphatic carbocycles. The van der Waals surface area contributed by atoms with E-state index < -0.39 is 14.5 Å². The molecule has 0 saturated carbocycles. The summed E-state index contributed by atoms with van der Waals surface area (Å²) in [6.07, 6.45) is 0. The number of hydrogen-bond donors (Lipinski definition) is 0. The lowest BCUT2D eigenvalue weighted by molar-refractivity contribution is 0.271. The van der Waals surface area contributed by atoms with Crippen molar-refractivity contribution in [3.63, 3.8) is 0 Å². The molecule has 1 nitrogen and oxygen atoms in total. The zero-order chi connectivity index (χ0) is 23.6.